The van der Waals surface area contributed by atoms with Crippen LogP contribution < -0.4 is 11.5 Å². The van der Waals surface area contributed by atoms with Gasteiger partial charge in [-0.2, -0.15) is 0 Å². The van der Waals surface area contributed by atoms with Gasteiger partial charge in [-0.3, -0.25) is 9.59 Å². The molecule has 0 aliphatic rings. The molecule has 0 rings (SSSR count). The van der Waals surface area contributed by atoms with Gasteiger partial charge in [0.05, 0.1) is 0 Å². The molecule has 0 saturated carbocycles. The Kier molecular flexibility index (Phi) is 3.54. The van der Waals surface area contributed by atoms with Crippen LogP contribution in [0, 0.1) is 0 Å². The second kappa shape index (κ2) is 3.99. The van der Waals surface area contributed by atoms with E-state index in [9.17, 15) is 19.2 Å². The van der Waals surface area contributed by atoms with E-state index in [1.54, 1.807) is 0 Å². The molecule has 0 amide bonds. The third-order valence-electron chi connectivity index (χ3n) is 2.04. The van der Waals surface area contributed by atoms with Crippen LogP contribution in [0.1, 0.15) is 13.8 Å². The molecule has 0 radical (unpaired) electrons. The molecule has 8 heteroatoms. The molecule has 0 aromatic carbocycles. The smallest absolute Gasteiger partial charge is 0.331 e. The van der Waals surface area contributed by atoms with Gasteiger partial charge in [-0.1, -0.05) is 0 Å². The Morgan fingerprint density at radius 1 is 0.812 bits per heavy atom. The standard InChI is InChI=1S/C8H12N2O6/c1-7(9,5(13)14)3(11)4(12)8(2,10)6(15)16/h9-10H2,1-2H3,(H,13,14)(H,15,16)/t7-,8-/m1/s1. The van der Waals surface area contributed by atoms with Crippen molar-refractivity contribution < 1.29 is 29.4 Å². The van der Waals surface area contributed by atoms with Crippen LogP contribution in [0.25, 0.3) is 0 Å². The Bertz CT molecular complexity index is 335. The molecule has 90 valence electrons. The molecule has 0 bridgehead atoms. The highest BCUT2D eigenvalue weighted by Gasteiger charge is 2.49. The molecule has 0 aromatic heterocycles. The first-order valence-corrected chi connectivity index (χ1v) is 4.09. The maximum Gasteiger partial charge on any atom is 0.331 e. The fourth-order valence-corrected chi connectivity index (χ4v) is 0.666. The van der Waals surface area contributed by atoms with Crippen molar-refractivity contribution in [1.29, 1.82) is 0 Å². The average molecular weight is 232 g/mol. The van der Waals surface area contributed by atoms with Crippen molar-refractivity contribution in [3.8, 4) is 0 Å². The summed E-state index contributed by atoms with van der Waals surface area (Å²) in [5.74, 6) is -6.61. The summed E-state index contributed by atoms with van der Waals surface area (Å²) < 4.78 is 0. The minimum Gasteiger partial charge on any atom is -0.480 e. The van der Waals surface area contributed by atoms with Crippen LogP contribution in [0.5, 0.6) is 0 Å². The summed E-state index contributed by atoms with van der Waals surface area (Å²) in [4.78, 5) is 43.9. The maximum atomic E-state index is 11.4. The van der Waals surface area contributed by atoms with E-state index in [0.717, 1.165) is 13.8 Å². The first kappa shape index (κ1) is 14.2. The number of hydrogen-bond donors (Lipinski definition) is 4. The van der Waals surface area contributed by atoms with Crippen LogP contribution >= 0.6 is 0 Å². The van der Waals surface area contributed by atoms with E-state index >= 15 is 0 Å². The highest BCUT2D eigenvalue weighted by atomic mass is 16.4. The lowest BCUT2D eigenvalue weighted by Crippen LogP contribution is -2.63. The molecule has 8 nitrogen and oxygen atoms in total. The summed E-state index contributed by atoms with van der Waals surface area (Å²) >= 11 is 0. The summed E-state index contributed by atoms with van der Waals surface area (Å²) in [7, 11) is 0. The fraction of sp³-hybridized carbons (Fsp3) is 0.500. The molecule has 0 heterocycles. The lowest BCUT2D eigenvalue weighted by molar-refractivity contribution is -0.157. The summed E-state index contributed by atoms with van der Waals surface area (Å²) in [5.41, 5.74) is 5.18. The molecule has 0 aliphatic carbocycles. The third-order valence-corrected chi connectivity index (χ3v) is 2.04. The fourth-order valence-electron chi connectivity index (χ4n) is 0.666. The highest BCUT2D eigenvalue weighted by Crippen LogP contribution is 2.10. The molecule has 0 unspecified atom stereocenters. The molecule has 6 N–H and O–H groups in total. The number of carboxylic acids is 2. The minimum atomic E-state index is -2.49. The van der Waals surface area contributed by atoms with Crippen LogP contribution in [-0.4, -0.2) is 44.8 Å². The van der Waals surface area contributed by atoms with Gasteiger partial charge < -0.3 is 21.7 Å². The van der Waals surface area contributed by atoms with Crippen LogP contribution in [0.15, 0.2) is 0 Å². The number of rotatable bonds is 5. The molecule has 0 saturated heterocycles. The Balaban J connectivity index is 5.27. The van der Waals surface area contributed by atoms with Gasteiger partial charge in [-0.15, -0.1) is 0 Å². The monoisotopic (exact) mass is 232 g/mol. The summed E-state index contributed by atoms with van der Waals surface area (Å²) in [6, 6.07) is 0. The molecule has 0 spiro atoms. The zero-order chi connectivity index (χ0) is 13.3. The third kappa shape index (κ3) is 2.23. The van der Waals surface area contributed by atoms with Gasteiger partial charge in [-0.25, -0.2) is 9.59 Å². The number of nitrogens with two attached hydrogens (primary N) is 2. The van der Waals surface area contributed by atoms with E-state index in [4.69, 9.17) is 21.7 Å². The van der Waals surface area contributed by atoms with E-state index in [1.165, 1.54) is 0 Å². The van der Waals surface area contributed by atoms with E-state index in [1.807, 2.05) is 0 Å². The summed E-state index contributed by atoms with van der Waals surface area (Å²) in [5, 5.41) is 17.2. The molecule has 0 fully saturated rings. The molecular formula is C8H12N2O6. The Morgan fingerprint density at radius 2 is 1.00 bits per heavy atom. The molecule has 0 aromatic rings. The average Bonchev–Trinajstić information content (AvgIpc) is 2.14. The van der Waals surface area contributed by atoms with Gasteiger partial charge in [0.2, 0.25) is 11.6 Å². The number of aliphatic carboxylic acids is 2. The molecular weight excluding hydrogens is 220 g/mol. The zero-order valence-electron chi connectivity index (χ0n) is 8.68. The van der Waals surface area contributed by atoms with Crippen LogP contribution in [0.3, 0.4) is 0 Å². The van der Waals surface area contributed by atoms with Crippen molar-refractivity contribution in [1.82, 2.24) is 0 Å². The Hall–Kier alpha value is -1.80. The van der Waals surface area contributed by atoms with Crippen molar-refractivity contribution >= 4 is 23.5 Å². The number of carboxylic acid groups (broad SMARTS) is 2. The van der Waals surface area contributed by atoms with Gasteiger partial charge >= 0.3 is 11.9 Å². The van der Waals surface area contributed by atoms with Gasteiger partial charge in [0, 0.05) is 0 Å². The van der Waals surface area contributed by atoms with Gasteiger partial charge in [-0.05, 0) is 13.8 Å². The van der Waals surface area contributed by atoms with E-state index in [-0.39, 0.29) is 0 Å². The van der Waals surface area contributed by atoms with E-state index < -0.39 is 34.6 Å². The first-order chi connectivity index (χ1) is 6.95. The van der Waals surface area contributed by atoms with Crippen LogP contribution in [-0.2, 0) is 19.2 Å². The highest BCUT2D eigenvalue weighted by molar-refractivity contribution is 6.49. The van der Waals surface area contributed by atoms with Crippen molar-refractivity contribution in [3.63, 3.8) is 0 Å². The quantitative estimate of drug-likeness (QED) is 0.304. The van der Waals surface area contributed by atoms with Gasteiger partial charge in [0.1, 0.15) is 0 Å². The maximum absolute atomic E-state index is 11.4. The number of hydrogen-bond acceptors (Lipinski definition) is 6. The predicted octanol–water partition coefficient (Wildman–Crippen LogP) is -2.27. The minimum absolute atomic E-state index is 0.785. The first-order valence-electron chi connectivity index (χ1n) is 4.09. The van der Waals surface area contributed by atoms with Crippen LogP contribution in [0.4, 0.5) is 0 Å². The van der Waals surface area contributed by atoms with Gasteiger partial charge in [0.25, 0.3) is 0 Å². The summed E-state index contributed by atoms with van der Waals surface area (Å²) in [6.45, 7) is 1.57. The number of ketones is 2. The largest absolute Gasteiger partial charge is 0.480 e. The topological polar surface area (TPSA) is 161 Å². The van der Waals surface area contributed by atoms with Crippen molar-refractivity contribution in [2.45, 2.75) is 24.9 Å². The Morgan fingerprint density at radius 3 is 1.12 bits per heavy atom. The Labute approximate surface area is 90.2 Å². The predicted molar refractivity (Wildman–Crippen MR) is 50.5 cm³/mol. The number of carbonyl (C=O) groups excluding carboxylic acids is 2. The number of Topliss-reactive ketones (excluding diaryl/α,β-unsaturated/α-hetero) is 2. The lowest BCUT2D eigenvalue weighted by Gasteiger charge is -2.22. The second-order valence-corrected chi connectivity index (χ2v) is 3.67. The van der Waals surface area contributed by atoms with Crippen LogP contribution in [0.2, 0.25) is 0 Å². The van der Waals surface area contributed by atoms with Crippen molar-refractivity contribution in [3.05, 3.63) is 0 Å². The van der Waals surface area contributed by atoms with E-state index in [2.05, 4.69) is 0 Å². The van der Waals surface area contributed by atoms with E-state index in [0.29, 0.717) is 0 Å². The molecule has 0 aliphatic heterocycles. The SMILES string of the molecule is C[C@](N)(C(=O)O)C(=O)C(=O)[C@@](C)(N)C(=O)O. The van der Waals surface area contributed by atoms with Gasteiger partial charge in [0.15, 0.2) is 11.1 Å². The summed E-state index contributed by atoms with van der Waals surface area (Å²) in [6.07, 6.45) is 0. The zero-order valence-corrected chi connectivity index (χ0v) is 8.68. The van der Waals surface area contributed by atoms with Crippen molar-refractivity contribution in [2.24, 2.45) is 11.5 Å². The molecule has 2 atom stereocenters. The lowest BCUT2D eigenvalue weighted by atomic mass is 9.86. The second-order valence-electron chi connectivity index (χ2n) is 3.67. The number of carbonyl (C=O) groups is 4. The van der Waals surface area contributed by atoms with Crippen molar-refractivity contribution in [2.75, 3.05) is 0 Å². The normalized spacial score (nSPS) is 18.0. The molecule has 16 heavy (non-hydrogen) atoms.